The van der Waals surface area contributed by atoms with Gasteiger partial charge in [-0.15, -0.1) is 11.3 Å². The smallest absolute Gasteiger partial charge is 0.122 e. The highest BCUT2D eigenvalue weighted by molar-refractivity contribution is 7.80. The molecule has 0 fully saturated rings. The van der Waals surface area contributed by atoms with Crippen LogP contribution in [0.2, 0.25) is 5.02 Å². The fourth-order valence-electron chi connectivity index (χ4n) is 1.33. The maximum absolute atomic E-state index is 6.04. The van der Waals surface area contributed by atoms with Crippen molar-refractivity contribution in [3.8, 4) is 5.75 Å². The second-order valence-corrected chi connectivity index (χ2v) is 5.25. The predicted molar refractivity (Wildman–Crippen MR) is 76.0 cm³/mol. The lowest BCUT2D eigenvalue weighted by atomic mass is 10.2. The summed E-state index contributed by atoms with van der Waals surface area (Å²) < 4.78 is 5.61. The summed E-state index contributed by atoms with van der Waals surface area (Å²) >= 11 is 12.6. The van der Waals surface area contributed by atoms with E-state index < -0.39 is 0 Å². The fraction of sp³-hybridized carbons (Fsp3) is 0.0833. The standard InChI is InChI=1S/C12H10ClNOS2/c13-11-6-8(3-4-10(11)12(14)16)15-7-9-2-1-5-17-9/h1-6H,7H2,(H2,14,16). The van der Waals surface area contributed by atoms with E-state index in [1.807, 2.05) is 23.6 Å². The van der Waals surface area contributed by atoms with Gasteiger partial charge in [-0.1, -0.05) is 29.9 Å². The fourth-order valence-corrected chi connectivity index (χ4v) is 2.46. The second kappa shape index (κ2) is 5.49. The van der Waals surface area contributed by atoms with Gasteiger partial charge in [-0.05, 0) is 29.6 Å². The highest BCUT2D eigenvalue weighted by Crippen LogP contribution is 2.23. The van der Waals surface area contributed by atoms with Crippen molar-refractivity contribution in [1.82, 2.24) is 0 Å². The molecule has 0 aliphatic carbocycles. The molecule has 5 heteroatoms. The molecule has 0 saturated carbocycles. The Bertz CT molecular complexity index is 525. The first-order chi connectivity index (χ1) is 8.16. The molecule has 0 saturated heterocycles. The van der Waals surface area contributed by atoms with Gasteiger partial charge in [0.2, 0.25) is 0 Å². The lowest BCUT2D eigenvalue weighted by molar-refractivity contribution is 0.310. The van der Waals surface area contributed by atoms with Crippen molar-refractivity contribution in [2.75, 3.05) is 0 Å². The number of halogens is 1. The lowest BCUT2D eigenvalue weighted by Gasteiger charge is -2.07. The Hall–Kier alpha value is -1.10. The van der Waals surface area contributed by atoms with Gasteiger partial charge < -0.3 is 10.5 Å². The number of thiocarbonyl (C=S) groups is 1. The van der Waals surface area contributed by atoms with Crippen LogP contribution in [0.4, 0.5) is 0 Å². The Morgan fingerprint density at radius 1 is 1.41 bits per heavy atom. The van der Waals surface area contributed by atoms with Crippen molar-refractivity contribution in [1.29, 1.82) is 0 Å². The molecule has 0 bridgehead atoms. The second-order valence-electron chi connectivity index (χ2n) is 3.37. The molecule has 0 amide bonds. The molecule has 0 spiro atoms. The number of ether oxygens (including phenoxy) is 1. The molecule has 0 aliphatic heterocycles. The van der Waals surface area contributed by atoms with E-state index in [-0.39, 0.29) is 0 Å². The van der Waals surface area contributed by atoms with Crippen molar-refractivity contribution in [2.45, 2.75) is 6.61 Å². The third-order valence-electron chi connectivity index (χ3n) is 2.17. The third-order valence-corrected chi connectivity index (χ3v) is 3.55. The van der Waals surface area contributed by atoms with Gasteiger partial charge in [0, 0.05) is 10.4 Å². The van der Waals surface area contributed by atoms with Crippen LogP contribution in [0.5, 0.6) is 5.75 Å². The van der Waals surface area contributed by atoms with Gasteiger partial charge in [0.25, 0.3) is 0 Å². The zero-order valence-corrected chi connectivity index (χ0v) is 11.2. The van der Waals surface area contributed by atoms with Crippen molar-refractivity contribution in [3.05, 3.63) is 51.2 Å². The summed E-state index contributed by atoms with van der Waals surface area (Å²) in [4.78, 5) is 1.46. The molecule has 2 N–H and O–H groups in total. The summed E-state index contributed by atoms with van der Waals surface area (Å²) in [5.74, 6) is 0.711. The molecule has 1 heterocycles. The lowest BCUT2D eigenvalue weighted by Crippen LogP contribution is -2.09. The van der Waals surface area contributed by atoms with Gasteiger partial charge in [0.15, 0.2) is 0 Å². The summed E-state index contributed by atoms with van der Waals surface area (Å²) in [6.45, 7) is 0.542. The van der Waals surface area contributed by atoms with Gasteiger partial charge in [-0.2, -0.15) is 0 Å². The molecule has 0 radical (unpaired) electrons. The van der Waals surface area contributed by atoms with E-state index in [0.717, 1.165) is 0 Å². The summed E-state index contributed by atoms with van der Waals surface area (Å²) in [6.07, 6.45) is 0. The normalized spacial score (nSPS) is 10.2. The van der Waals surface area contributed by atoms with Crippen molar-refractivity contribution in [3.63, 3.8) is 0 Å². The van der Waals surface area contributed by atoms with Gasteiger partial charge in [0.05, 0.1) is 5.02 Å². The summed E-state index contributed by atoms with van der Waals surface area (Å²) in [5.41, 5.74) is 6.20. The van der Waals surface area contributed by atoms with Crippen LogP contribution in [-0.2, 0) is 6.61 Å². The number of hydrogen-bond donors (Lipinski definition) is 1. The monoisotopic (exact) mass is 283 g/mol. The largest absolute Gasteiger partial charge is 0.488 e. The van der Waals surface area contributed by atoms with Gasteiger partial charge in [0.1, 0.15) is 17.3 Å². The van der Waals surface area contributed by atoms with Crippen molar-refractivity contribution < 1.29 is 4.74 Å². The minimum atomic E-state index is 0.291. The van der Waals surface area contributed by atoms with Crippen LogP contribution in [-0.4, -0.2) is 4.99 Å². The summed E-state index contributed by atoms with van der Waals surface area (Å²) in [6, 6.07) is 9.33. The molecule has 0 atom stereocenters. The van der Waals surface area contributed by atoms with Crippen molar-refractivity contribution >= 4 is 40.1 Å². The molecule has 88 valence electrons. The van der Waals surface area contributed by atoms with E-state index in [1.54, 1.807) is 23.5 Å². The van der Waals surface area contributed by atoms with Crippen LogP contribution < -0.4 is 10.5 Å². The first kappa shape index (κ1) is 12.4. The Kier molecular flexibility index (Phi) is 3.99. The first-order valence-electron chi connectivity index (χ1n) is 4.91. The Morgan fingerprint density at radius 2 is 2.24 bits per heavy atom. The number of nitrogens with two attached hydrogens (primary N) is 1. The quantitative estimate of drug-likeness (QED) is 0.871. The zero-order valence-electron chi connectivity index (χ0n) is 8.85. The molecule has 1 aromatic heterocycles. The van der Waals surface area contributed by atoms with Crippen LogP contribution in [0.25, 0.3) is 0 Å². The Balaban J connectivity index is 2.07. The van der Waals surface area contributed by atoms with Crippen LogP contribution in [0.1, 0.15) is 10.4 Å². The van der Waals surface area contributed by atoms with Crippen LogP contribution in [0, 0.1) is 0 Å². The molecule has 0 unspecified atom stereocenters. The highest BCUT2D eigenvalue weighted by atomic mass is 35.5. The van der Waals surface area contributed by atoms with E-state index in [9.17, 15) is 0 Å². The van der Waals surface area contributed by atoms with E-state index in [2.05, 4.69) is 0 Å². The average molecular weight is 284 g/mol. The van der Waals surface area contributed by atoms with Crippen LogP contribution in [0.15, 0.2) is 35.7 Å². The number of thiophene rings is 1. The molecular weight excluding hydrogens is 274 g/mol. The van der Waals surface area contributed by atoms with Crippen LogP contribution >= 0.6 is 35.2 Å². The highest BCUT2D eigenvalue weighted by Gasteiger charge is 2.05. The molecular formula is C12H10ClNOS2. The summed E-state index contributed by atoms with van der Waals surface area (Å²) in [5, 5.41) is 2.53. The maximum atomic E-state index is 6.04. The number of rotatable bonds is 4. The third kappa shape index (κ3) is 3.19. The van der Waals surface area contributed by atoms with E-state index >= 15 is 0 Å². The van der Waals surface area contributed by atoms with E-state index in [4.69, 9.17) is 34.3 Å². The maximum Gasteiger partial charge on any atom is 0.122 e. The van der Waals surface area contributed by atoms with Crippen molar-refractivity contribution in [2.24, 2.45) is 5.73 Å². The minimum Gasteiger partial charge on any atom is -0.488 e. The SMILES string of the molecule is NC(=S)c1ccc(OCc2cccs2)cc1Cl. The molecule has 0 aliphatic rings. The molecule has 17 heavy (non-hydrogen) atoms. The minimum absolute atomic E-state index is 0.291. The van der Waals surface area contributed by atoms with Gasteiger partial charge in [-0.25, -0.2) is 0 Å². The van der Waals surface area contributed by atoms with E-state index in [1.165, 1.54) is 4.88 Å². The number of hydrogen-bond acceptors (Lipinski definition) is 3. The average Bonchev–Trinajstić information content (AvgIpc) is 2.78. The van der Waals surface area contributed by atoms with Gasteiger partial charge in [-0.3, -0.25) is 0 Å². The summed E-state index contributed by atoms with van der Waals surface area (Å²) in [7, 11) is 0. The molecule has 1 aromatic carbocycles. The van der Waals surface area contributed by atoms with E-state index in [0.29, 0.717) is 27.9 Å². The Labute approximate surface area is 114 Å². The number of benzene rings is 1. The molecule has 2 aromatic rings. The zero-order chi connectivity index (χ0) is 12.3. The molecule has 2 rings (SSSR count). The molecule has 2 nitrogen and oxygen atoms in total. The first-order valence-corrected chi connectivity index (χ1v) is 6.58. The topological polar surface area (TPSA) is 35.2 Å². The van der Waals surface area contributed by atoms with Gasteiger partial charge >= 0.3 is 0 Å². The predicted octanol–water partition coefficient (Wildman–Crippen LogP) is 3.61. The Morgan fingerprint density at radius 3 is 2.82 bits per heavy atom. The van der Waals surface area contributed by atoms with Crippen LogP contribution in [0.3, 0.4) is 0 Å².